The van der Waals surface area contributed by atoms with E-state index in [1.54, 1.807) is 0 Å². The van der Waals surface area contributed by atoms with Gasteiger partial charge in [0.2, 0.25) is 0 Å². The van der Waals surface area contributed by atoms with E-state index in [4.69, 9.17) is 17.3 Å². The van der Waals surface area contributed by atoms with E-state index in [0.29, 0.717) is 11.8 Å². The highest BCUT2D eigenvalue weighted by Gasteiger charge is 2.37. The molecule has 0 amide bonds. The monoisotopic (exact) mass is 630 g/mol. The topological polar surface area (TPSA) is 38.4 Å². The molecule has 3 atom stereocenters. The zero-order valence-electron chi connectivity index (χ0n) is 26.5. The molecule has 3 heteroatoms. The van der Waals surface area contributed by atoms with Crippen LogP contribution in [0.25, 0.3) is 44.5 Å². The fraction of sp³-hybridized carbons (Fsp3) is 0.159. The summed E-state index contributed by atoms with van der Waals surface area (Å²) in [7, 11) is 0. The molecule has 0 radical (unpaired) electrons. The van der Waals surface area contributed by atoms with Crippen LogP contribution in [0.1, 0.15) is 48.8 Å². The molecule has 2 nitrogen and oxygen atoms in total. The summed E-state index contributed by atoms with van der Waals surface area (Å²) in [6, 6.07) is 56.8. The van der Waals surface area contributed by atoms with Crippen LogP contribution in [0.5, 0.6) is 0 Å². The van der Waals surface area contributed by atoms with Gasteiger partial charge in [-0.15, -0.1) is 0 Å². The predicted octanol–water partition coefficient (Wildman–Crippen LogP) is 11.9. The summed E-state index contributed by atoms with van der Waals surface area (Å²) >= 11 is 5.98. The van der Waals surface area contributed by atoms with E-state index in [-0.39, 0.29) is 11.3 Å². The lowest BCUT2D eigenvalue weighted by atomic mass is 9.92. The van der Waals surface area contributed by atoms with Gasteiger partial charge >= 0.3 is 0 Å². The van der Waals surface area contributed by atoms with Gasteiger partial charge in [-0.2, -0.15) is 0 Å². The van der Waals surface area contributed by atoms with Gasteiger partial charge in [0.1, 0.15) is 0 Å². The van der Waals surface area contributed by atoms with Crippen LogP contribution in [0.3, 0.4) is 0 Å². The number of hydrogen-bond acceptors (Lipinski definition) is 1. The summed E-state index contributed by atoms with van der Waals surface area (Å²) in [6.07, 6.45) is 4.48. The summed E-state index contributed by atoms with van der Waals surface area (Å²) in [5.41, 5.74) is 18.2. The molecular weight excluding hydrogens is 592 g/mol. The van der Waals surface area contributed by atoms with Gasteiger partial charge < -0.3 is 5.73 Å². The molecule has 1 saturated carbocycles. The van der Waals surface area contributed by atoms with E-state index in [1.165, 1.54) is 68.5 Å². The Morgan fingerprint density at radius 3 is 1.64 bits per heavy atom. The van der Waals surface area contributed by atoms with Crippen LogP contribution in [-0.4, -0.2) is 5.29 Å². The Kier molecular flexibility index (Phi) is 9.31. The number of nitrogens with two attached hydrogens (primary N) is 1. The lowest BCUT2D eigenvalue weighted by Crippen LogP contribution is -2.06. The third-order valence-electron chi connectivity index (χ3n) is 9.43. The maximum Gasteiger partial charge on any atom is 0.189 e. The van der Waals surface area contributed by atoms with E-state index >= 15 is 0 Å². The highest BCUT2D eigenvalue weighted by Crippen LogP contribution is 2.51. The van der Waals surface area contributed by atoms with E-state index < -0.39 is 0 Å². The van der Waals surface area contributed by atoms with Crippen LogP contribution in [0.2, 0.25) is 0 Å². The summed E-state index contributed by atoms with van der Waals surface area (Å²) in [5, 5.41) is 0.129. The van der Waals surface area contributed by atoms with Gasteiger partial charge in [-0.1, -0.05) is 140 Å². The molecule has 47 heavy (non-hydrogen) atoms. The maximum absolute atomic E-state index is 5.98. The number of hydrogen-bond donors (Lipinski definition) is 1. The second kappa shape index (κ2) is 14.2. The van der Waals surface area contributed by atoms with Crippen molar-refractivity contribution in [2.24, 2.45) is 16.6 Å². The zero-order chi connectivity index (χ0) is 32.0. The number of nitrogens with zero attached hydrogens (tertiary/aromatic N) is 1. The van der Waals surface area contributed by atoms with Crippen LogP contribution in [0, 0.1) is 5.92 Å². The lowest BCUT2D eigenvalue weighted by Gasteiger charge is -2.13. The highest BCUT2D eigenvalue weighted by molar-refractivity contribution is 6.64. The number of rotatable bonds is 11. The van der Waals surface area contributed by atoms with Crippen LogP contribution in [0.15, 0.2) is 163 Å². The molecule has 0 saturated heterocycles. The molecular formula is C44H39ClN2. The van der Waals surface area contributed by atoms with Gasteiger partial charge in [0.05, 0.1) is 6.04 Å². The van der Waals surface area contributed by atoms with Crippen molar-refractivity contribution in [2.45, 2.75) is 37.6 Å². The summed E-state index contributed by atoms with van der Waals surface area (Å²) in [6.45, 7) is 0. The van der Waals surface area contributed by atoms with Gasteiger partial charge in [0.25, 0.3) is 0 Å². The number of amidine groups is 1. The van der Waals surface area contributed by atoms with Crippen LogP contribution in [0.4, 0.5) is 0 Å². The Morgan fingerprint density at radius 1 is 0.574 bits per heavy atom. The summed E-state index contributed by atoms with van der Waals surface area (Å²) in [5.74, 6) is 1.33. The third kappa shape index (κ3) is 7.56. The first kappa shape index (κ1) is 30.7. The van der Waals surface area contributed by atoms with Crippen molar-refractivity contribution >= 4 is 16.9 Å². The lowest BCUT2D eigenvalue weighted by molar-refractivity contribution is 0.557. The standard InChI is InChI=1S/C44H39ClN2/c45-44(46)47-43(33-17-8-3-9-18-33)24-12-23-38-30-42(38)37-22-11-20-35(26-37)34-19-10-21-36(25-34)41-28-39(31-13-4-1-5-14-31)27-40(29-41)32-15-6-2-7-16-32/h1-11,13-22,25-29,38,42-43H,12,23-24,30H2,(H2,46,47). The van der Waals surface area contributed by atoms with Crippen molar-refractivity contribution in [3.05, 3.63) is 169 Å². The van der Waals surface area contributed by atoms with Crippen molar-refractivity contribution in [3.8, 4) is 44.5 Å². The molecule has 1 aliphatic carbocycles. The fourth-order valence-corrected chi connectivity index (χ4v) is 7.01. The molecule has 6 aromatic rings. The van der Waals surface area contributed by atoms with E-state index in [0.717, 1.165) is 12.8 Å². The third-order valence-corrected chi connectivity index (χ3v) is 9.53. The zero-order valence-corrected chi connectivity index (χ0v) is 27.2. The second-order valence-electron chi connectivity index (χ2n) is 12.6. The van der Waals surface area contributed by atoms with Gasteiger partial charge in [0, 0.05) is 0 Å². The molecule has 7 rings (SSSR count). The number of benzene rings is 6. The average molecular weight is 631 g/mol. The van der Waals surface area contributed by atoms with Crippen molar-refractivity contribution in [1.82, 2.24) is 0 Å². The summed E-state index contributed by atoms with van der Waals surface area (Å²) in [4.78, 5) is 4.52. The molecule has 2 N–H and O–H groups in total. The van der Waals surface area contributed by atoms with Crippen LogP contribution >= 0.6 is 11.6 Å². The van der Waals surface area contributed by atoms with E-state index in [9.17, 15) is 0 Å². The van der Waals surface area contributed by atoms with Crippen molar-refractivity contribution in [2.75, 3.05) is 0 Å². The van der Waals surface area contributed by atoms with Gasteiger partial charge in [0.15, 0.2) is 5.29 Å². The Bertz CT molecular complexity index is 1910. The molecule has 232 valence electrons. The Balaban J connectivity index is 1.09. The number of halogens is 1. The van der Waals surface area contributed by atoms with E-state index in [2.05, 4.69) is 145 Å². The minimum absolute atomic E-state index is 0.0127. The fourth-order valence-electron chi connectivity index (χ4n) is 6.89. The Hall–Kier alpha value is -4.92. The molecule has 1 aliphatic rings. The van der Waals surface area contributed by atoms with Crippen molar-refractivity contribution < 1.29 is 0 Å². The van der Waals surface area contributed by atoms with Crippen molar-refractivity contribution in [3.63, 3.8) is 0 Å². The smallest absolute Gasteiger partial charge is 0.189 e. The second-order valence-corrected chi connectivity index (χ2v) is 13.0. The predicted molar refractivity (Wildman–Crippen MR) is 200 cm³/mol. The minimum Gasteiger partial charge on any atom is -0.374 e. The first-order valence-corrected chi connectivity index (χ1v) is 17.0. The van der Waals surface area contributed by atoms with Gasteiger partial charge in [-0.05, 0) is 123 Å². The molecule has 0 heterocycles. The molecule has 0 aliphatic heterocycles. The minimum atomic E-state index is 0.0127. The Morgan fingerprint density at radius 2 is 1.04 bits per heavy atom. The van der Waals surface area contributed by atoms with Crippen LogP contribution < -0.4 is 5.73 Å². The SMILES string of the molecule is NC(Cl)=NC(CCCC1CC1c1cccc(-c2cccc(-c3cc(-c4ccccc4)cc(-c4ccccc4)c3)c2)c1)c1ccccc1. The molecule has 0 spiro atoms. The number of aliphatic imine (C=N–C) groups is 1. The molecule has 0 aromatic heterocycles. The average Bonchev–Trinajstić information content (AvgIpc) is 3.92. The molecule has 1 fully saturated rings. The summed E-state index contributed by atoms with van der Waals surface area (Å²) < 4.78 is 0. The largest absolute Gasteiger partial charge is 0.374 e. The molecule has 3 unspecified atom stereocenters. The molecule has 6 aromatic carbocycles. The van der Waals surface area contributed by atoms with Gasteiger partial charge in [-0.25, -0.2) is 0 Å². The van der Waals surface area contributed by atoms with Crippen LogP contribution in [-0.2, 0) is 0 Å². The van der Waals surface area contributed by atoms with Crippen molar-refractivity contribution in [1.29, 1.82) is 0 Å². The highest BCUT2D eigenvalue weighted by atomic mass is 35.5. The normalized spacial score (nSPS) is 16.5. The quantitative estimate of drug-likeness (QED) is 0.0863. The first-order chi connectivity index (χ1) is 23.1. The Labute approximate surface area is 283 Å². The maximum atomic E-state index is 5.98. The first-order valence-electron chi connectivity index (χ1n) is 16.6. The molecule has 0 bridgehead atoms. The van der Waals surface area contributed by atoms with E-state index in [1.807, 2.05) is 18.2 Å². The van der Waals surface area contributed by atoms with Gasteiger partial charge in [-0.3, -0.25) is 4.99 Å².